The Labute approximate surface area is 200 Å². The molecular weight excluding hydrogens is 446 g/mol. The maximum Gasteiger partial charge on any atom is 0.410 e. The molecule has 0 radical (unpaired) electrons. The van der Waals surface area contributed by atoms with E-state index >= 15 is 0 Å². The van der Waals surface area contributed by atoms with E-state index in [4.69, 9.17) is 9.47 Å². The van der Waals surface area contributed by atoms with Gasteiger partial charge >= 0.3 is 6.09 Å². The van der Waals surface area contributed by atoms with Crippen molar-refractivity contribution in [2.24, 2.45) is 5.92 Å². The number of aliphatic hydroxyl groups excluding tert-OH is 1. The Morgan fingerprint density at radius 1 is 1.24 bits per heavy atom. The maximum atomic E-state index is 13.7. The zero-order valence-corrected chi connectivity index (χ0v) is 20.9. The molecule has 34 heavy (non-hydrogen) atoms. The Balaban J connectivity index is 2.28. The van der Waals surface area contributed by atoms with Crippen LogP contribution in [0.5, 0.6) is 0 Å². The number of nitrogens with one attached hydrogen (secondary N) is 1. The SMILES string of the molecule is CC(=O)N[C@H](Cc1cc(F)cc(F)c1)[C@@H](O)C1COC(CCC(C)C)CN1C(=O)OC(C)(C)C. The second kappa shape index (κ2) is 11.9. The van der Waals surface area contributed by atoms with Crippen LogP contribution in [0.2, 0.25) is 0 Å². The molecule has 7 nitrogen and oxygen atoms in total. The van der Waals surface area contributed by atoms with Gasteiger partial charge in [0.15, 0.2) is 0 Å². The molecule has 1 aromatic carbocycles. The molecule has 1 aliphatic heterocycles. The van der Waals surface area contributed by atoms with Gasteiger partial charge in [-0.05, 0) is 63.6 Å². The van der Waals surface area contributed by atoms with E-state index in [1.54, 1.807) is 20.8 Å². The van der Waals surface area contributed by atoms with Gasteiger partial charge in [0.2, 0.25) is 5.91 Å². The third-order valence-electron chi connectivity index (χ3n) is 5.57. The van der Waals surface area contributed by atoms with Gasteiger partial charge in [-0.25, -0.2) is 13.6 Å². The zero-order valence-electron chi connectivity index (χ0n) is 20.9. The third kappa shape index (κ3) is 8.83. The summed E-state index contributed by atoms with van der Waals surface area (Å²) in [5.41, 5.74) is -0.472. The summed E-state index contributed by atoms with van der Waals surface area (Å²) < 4.78 is 39.0. The first-order valence-corrected chi connectivity index (χ1v) is 11.8. The van der Waals surface area contributed by atoms with Gasteiger partial charge in [0.25, 0.3) is 0 Å². The lowest BCUT2D eigenvalue weighted by molar-refractivity contribution is -0.124. The van der Waals surface area contributed by atoms with Crippen molar-refractivity contribution in [2.75, 3.05) is 13.2 Å². The van der Waals surface area contributed by atoms with Crippen LogP contribution < -0.4 is 5.32 Å². The van der Waals surface area contributed by atoms with Crippen molar-refractivity contribution in [1.82, 2.24) is 10.2 Å². The van der Waals surface area contributed by atoms with Crippen LogP contribution in [0.1, 0.15) is 59.9 Å². The second-order valence-corrected chi connectivity index (χ2v) is 10.4. The number of benzene rings is 1. The molecule has 1 heterocycles. The summed E-state index contributed by atoms with van der Waals surface area (Å²) in [4.78, 5) is 26.4. The molecule has 1 fully saturated rings. The molecule has 0 aliphatic carbocycles. The van der Waals surface area contributed by atoms with Gasteiger partial charge in [0.05, 0.1) is 37.4 Å². The zero-order chi connectivity index (χ0) is 25.6. The molecule has 2 unspecified atom stereocenters. The smallest absolute Gasteiger partial charge is 0.410 e. The molecule has 0 aromatic heterocycles. The highest BCUT2D eigenvalue weighted by molar-refractivity contribution is 5.73. The van der Waals surface area contributed by atoms with Gasteiger partial charge < -0.3 is 19.9 Å². The molecule has 2 N–H and O–H groups in total. The molecule has 0 spiro atoms. The molecule has 1 aromatic rings. The summed E-state index contributed by atoms with van der Waals surface area (Å²) >= 11 is 0. The molecule has 1 saturated heterocycles. The van der Waals surface area contributed by atoms with E-state index < -0.39 is 47.4 Å². The number of carbonyl (C=O) groups is 2. The van der Waals surface area contributed by atoms with E-state index in [0.29, 0.717) is 5.92 Å². The first-order chi connectivity index (χ1) is 15.7. The van der Waals surface area contributed by atoms with E-state index in [-0.39, 0.29) is 31.2 Å². The molecule has 2 amide bonds. The number of amides is 2. The van der Waals surface area contributed by atoms with Gasteiger partial charge in [0, 0.05) is 13.0 Å². The van der Waals surface area contributed by atoms with Gasteiger partial charge in [-0.15, -0.1) is 0 Å². The number of ether oxygens (including phenoxy) is 2. The summed E-state index contributed by atoms with van der Waals surface area (Å²) in [5, 5.41) is 13.9. The Bertz CT molecular complexity index is 823. The second-order valence-electron chi connectivity index (χ2n) is 10.4. The van der Waals surface area contributed by atoms with E-state index in [1.807, 2.05) is 0 Å². The summed E-state index contributed by atoms with van der Waals surface area (Å²) in [6.45, 7) is 11.0. The van der Waals surface area contributed by atoms with Crippen LogP contribution in [-0.4, -0.2) is 65.1 Å². The minimum atomic E-state index is -1.27. The van der Waals surface area contributed by atoms with Crippen LogP contribution in [0.15, 0.2) is 18.2 Å². The van der Waals surface area contributed by atoms with Crippen molar-refractivity contribution in [1.29, 1.82) is 0 Å². The Morgan fingerprint density at radius 3 is 2.38 bits per heavy atom. The molecule has 2 rings (SSSR count). The summed E-state index contributed by atoms with van der Waals surface area (Å²) in [6.07, 6.45) is -0.446. The number of halogens is 2. The largest absolute Gasteiger partial charge is 0.444 e. The fourth-order valence-corrected chi connectivity index (χ4v) is 4.01. The lowest BCUT2D eigenvalue weighted by Gasteiger charge is -2.43. The van der Waals surface area contributed by atoms with Crippen LogP contribution in [0.4, 0.5) is 13.6 Å². The molecule has 192 valence electrons. The van der Waals surface area contributed by atoms with E-state index in [2.05, 4.69) is 19.2 Å². The minimum absolute atomic E-state index is 0.0368. The number of nitrogens with zero attached hydrogens (tertiary/aromatic N) is 1. The topological polar surface area (TPSA) is 88.1 Å². The van der Waals surface area contributed by atoms with Crippen LogP contribution in [-0.2, 0) is 20.7 Å². The third-order valence-corrected chi connectivity index (χ3v) is 5.57. The van der Waals surface area contributed by atoms with Crippen molar-refractivity contribution < 1.29 is 33.0 Å². The first kappa shape index (κ1) is 28.0. The standard InChI is InChI=1S/C25H38F2N2O5/c1-15(2)7-8-20-13-29(24(32)34-25(4,5)6)22(14-33-20)23(31)21(28-16(3)30)11-17-9-18(26)12-19(27)10-17/h9-10,12,15,20-23,31H,7-8,11,13-14H2,1-6H3,(H,28,30)/t20?,21-,22?,23-/m1/s1. The monoisotopic (exact) mass is 484 g/mol. The number of aliphatic hydroxyl groups is 1. The van der Waals surface area contributed by atoms with Crippen LogP contribution in [0.3, 0.4) is 0 Å². The predicted molar refractivity (Wildman–Crippen MR) is 124 cm³/mol. The van der Waals surface area contributed by atoms with E-state index in [9.17, 15) is 23.5 Å². The maximum absolute atomic E-state index is 13.7. The van der Waals surface area contributed by atoms with Crippen LogP contribution in [0, 0.1) is 17.6 Å². The first-order valence-electron chi connectivity index (χ1n) is 11.8. The molecule has 4 atom stereocenters. The number of hydrogen-bond donors (Lipinski definition) is 2. The van der Waals surface area contributed by atoms with Crippen LogP contribution >= 0.6 is 0 Å². The summed E-state index contributed by atoms with van der Waals surface area (Å²) in [7, 11) is 0. The normalized spacial score (nSPS) is 20.7. The molecule has 0 bridgehead atoms. The predicted octanol–water partition coefficient (Wildman–Crippen LogP) is 3.81. The highest BCUT2D eigenvalue weighted by atomic mass is 19.1. The van der Waals surface area contributed by atoms with Crippen molar-refractivity contribution in [2.45, 2.75) is 90.7 Å². The number of morpholine rings is 1. The quantitative estimate of drug-likeness (QED) is 0.586. The van der Waals surface area contributed by atoms with Crippen LogP contribution in [0.25, 0.3) is 0 Å². The lowest BCUT2D eigenvalue weighted by atomic mass is 9.94. The fraction of sp³-hybridized carbons (Fsp3) is 0.680. The Kier molecular flexibility index (Phi) is 9.82. The average Bonchev–Trinajstić information content (AvgIpc) is 2.68. The highest BCUT2D eigenvalue weighted by Gasteiger charge is 2.41. The number of rotatable bonds is 8. The minimum Gasteiger partial charge on any atom is -0.444 e. The van der Waals surface area contributed by atoms with Crippen molar-refractivity contribution in [3.63, 3.8) is 0 Å². The fourth-order valence-electron chi connectivity index (χ4n) is 4.01. The van der Waals surface area contributed by atoms with E-state index in [1.165, 1.54) is 11.8 Å². The van der Waals surface area contributed by atoms with Crippen molar-refractivity contribution >= 4 is 12.0 Å². The Morgan fingerprint density at radius 2 is 1.85 bits per heavy atom. The highest BCUT2D eigenvalue weighted by Crippen LogP contribution is 2.24. The van der Waals surface area contributed by atoms with Gasteiger partial charge in [0.1, 0.15) is 17.2 Å². The van der Waals surface area contributed by atoms with Crippen molar-refractivity contribution in [3.05, 3.63) is 35.4 Å². The molecule has 9 heteroatoms. The van der Waals surface area contributed by atoms with E-state index in [0.717, 1.165) is 31.0 Å². The average molecular weight is 485 g/mol. The van der Waals surface area contributed by atoms with Crippen molar-refractivity contribution in [3.8, 4) is 0 Å². The van der Waals surface area contributed by atoms with Gasteiger partial charge in [-0.1, -0.05) is 13.8 Å². The van der Waals surface area contributed by atoms with Gasteiger partial charge in [-0.3, -0.25) is 9.69 Å². The number of carbonyl (C=O) groups excluding carboxylic acids is 2. The molecule has 1 aliphatic rings. The summed E-state index contributed by atoms with van der Waals surface area (Å²) in [5.74, 6) is -1.46. The molecule has 0 saturated carbocycles. The lowest BCUT2D eigenvalue weighted by Crippen LogP contribution is -2.62. The Hall–Kier alpha value is -2.26. The number of hydrogen-bond acceptors (Lipinski definition) is 5. The summed E-state index contributed by atoms with van der Waals surface area (Å²) in [6, 6.07) is 1.32. The molecular formula is C25H38F2N2O5. The van der Waals surface area contributed by atoms with Gasteiger partial charge in [-0.2, -0.15) is 0 Å².